The van der Waals surface area contributed by atoms with Crippen LogP contribution in [0, 0.1) is 0 Å². The highest BCUT2D eigenvalue weighted by Crippen LogP contribution is 2.42. The Labute approximate surface area is 156 Å². The van der Waals surface area contributed by atoms with E-state index in [-0.39, 0.29) is 0 Å². The van der Waals surface area contributed by atoms with E-state index in [0.717, 1.165) is 23.3 Å². The number of benzene rings is 2. The Bertz CT molecular complexity index is 985. The summed E-state index contributed by atoms with van der Waals surface area (Å²) in [6.07, 6.45) is 2.90. The van der Waals surface area contributed by atoms with Gasteiger partial charge in [0, 0.05) is 27.0 Å². The van der Waals surface area contributed by atoms with Crippen LogP contribution in [0.1, 0.15) is 49.9 Å². The van der Waals surface area contributed by atoms with Crippen molar-refractivity contribution in [1.82, 2.24) is 9.78 Å². The van der Waals surface area contributed by atoms with Crippen LogP contribution < -0.4 is 4.74 Å². The highest BCUT2D eigenvalue weighted by atomic mass is 79.9. The Kier molecular flexibility index (Phi) is 4.16. The van der Waals surface area contributed by atoms with Crippen molar-refractivity contribution in [1.29, 1.82) is 0 Å². The highest BCUT2D eigenvalue weighted by Gasteiger charge is 2.22. The van der Waals surface area contributed by atoms with Crippen molar-refractivity contribution in [3.8, 4) is 5.75 Å². The van der Waals surface area contributed by atoms with Crippen LogP contribution in [0.5, 0.6) is 5.75 Å². The standard InChI is InChI=1S/C21H21BrN2O/c1-4-18(22)21-16-7-5-6-8-20(16)25-12-15-10-19-14(9-17(15)21)11-23-24(19)13(2)3/h5-11,13H,4,12H2,1-3H3/b21-18+. The van der Waals surface area contributed by atoms with E-state index in [1.165, 1.54) is 26.6 Å². The molecule has 1 aliphatic rings. The SMILES string of the molecule is CC/C(Br)=C1\c2cc3cnn(C(C)C)c3cc2COc2ccccc21. The van der Waals surface area contributed by atoms with Crippen molar-refractivity contribution < 1.29 is 4.74 Å². The average molecular weight is 397 g/mol. The van der Waals surface area contributed by atoms with Gasteiger partial charge in [-0.05, 0) is 49.6 Å². The van der Waals surface area contributed by atoms with Gasteiger partial charge in [0.2, 0.25) is 0 Å². The molecule has 2 heterocycles. The van der Waals surface area contributed by atoms with Gasteiger partial charge in [0.25, 0.3) is 0 Å². The predicted octanol–water partition coefficient (Wildman–Crippen LogP) is 6.07. The first-order valence-electron chi connectivity index (χ1n) is 8.71. The molecular formula is C21H21BrN2O. The van der Waals surface area contributed by atoms with Gasteiger partial charge in [0.05, 0.1) is 11.7 Å². The van der Waals surface area contributed by atoms with Gasteiger partial charge < -0.3 is 4.74 Å². The minimum Gasteiger partial charge on any atom is -0.488 e. The van der Waals surface area contributed by atoms with Gasteiger partial charge in [0.1, 0.15) is 12.4 Å². The minimum absolute atomic E-state index is 0.330. The van der Waals surface area contributed by atoms with Crippen LogP contribution in [0.2, 0.25) is 0 Å². The molecule has 0 fully saturated rings. The monoisotopic (exact) mass is 396 g/mol. The van der Waals surface area contributed by atoms with Crippen LogP contribution in [-0.2, 0) is 6.61 Å². The molecule has 0 unspecified atom stereocenters. The Hall–Kier alpha value is -2.07. The molecule has 0 saturated heterocycles. The molecule has 0 saturated carbocycles. The van der Waals surface area contributed by atoms with E-state index >= 15 is 0 Å². The second-order valence-electron chi connectivity index (χ2n) is 6.67. The summed E-state index contributed by atoms with van der Waals surface area (Å²) < 4.78 is 9.41. The maximum absolute atomic E-state index is 6.14. The summed E-state index contributed by atoms with van der Waals surface area (Å²) in [6, 6.07) is 13.1. The quantitative estimate of drug-likeness (QED) is 0.525. The summed E-state index contributed by atoms with van der Waals surface area (Å²) in [4.78, 5) is 0. The zero-order chi connectivity index (χ0) is 17.6. The number of aromatic nitrogens is 2. The molecule has 0 atom stereocenters. The van der Waals surface area contributed by atoms with Gasteiger partial charge in [-0.3, -0.25) is 4.68 Å². The largest absolute Gasteiger partial charge is 0.488 e. The molecular weight excluding hydrogens is 376 g/mol. The molecule has 128 valence electrons. The van der Waals surface area contributed by atoms with Crippen LogP contribution >= 0.6 is 15.9 Å². The van der Waals surface area contributed by atoms with Crippen LogP contribution in [-0.4, -0.2) is 9.78 Å². The van der Waals surface area contributed by atoms with Crippen molar-refractivity contribution in [2.24, 2.45) is 0 Å². The minimum atomic E-state index is 0.330. The number of para-hydroxylation sites is 1. The van der Waals surface area contributed by atoms with E-state index in [2.05, 4.69) is 70.7 Å². The van der Waals surface area contributed by atoms with Crippen LogP contribution in [0.15, 0.2) is 47.1 Å². The Balaban J connectivity index is 2.02. The molecule has 0 spiro atoms. The first-order valence-corrected chi connectivity index (χ1v) is 9.50. The van der Waals surface area contributed by atoms with Crippen molar-refractivity contribution in [3.63, 3.8) is 0 Å². The number of halogens is 1. The van der Waals surface area contributed by atoms with E-state index in [9.17, 15) is 0 Å². The van der Waals surface area contributed by atoms with E-state index < -0.39 is 0 Å². The summed E-state index contributed by atoms with van der Waals surface area (Å²) in [7, 11) is 0. The molecule has 3 aromatic rings. The lowest BCUT2D eigenvalue weighted by molar-refractivity contribution is 0.307. The zero-order valence-corrected chi connectivity index (χ0v) is 16.3. The van der Waals surface area contributed by atoms with Gasteiger partial charge >= 0.3 is 0 Å². The Morgan fingerprint density at radius 2 is 2.04 bits per heavy atom. The molecule has 1 aromatic heterocycles. The van der Waals surface area contributed by atoms with E-state index in [0.29, 0.717) is 12.6 Å². The number of ether oxygens (including phenoxy) is 1. The van der Waals surface area contributed by atoms with Gasteiger partial charge in [0.15, 0.2) is 0 Å². The molecule has 4 rings (SSSR count). The fourth-order valence-electron chi connectivity index (χ4n) is 3.47. The second kappa shape index (κ2) is 6.34. The van der Waals surface area contributed by atoms with Crippen molar-refractivity contribution in [3.05, 3.63) is 63.8 Å². The zero-order valence-electron chi connectivity index (χ0n) is 14.7. The van der Waals surface area contributed by atoms with E-state index in [1.807, 2.05) is 18.3 Å². The molecule has 0 aliphatic carbocycles. The van der Waals surface area contributed by atoms with Crippen LogP contribution in [0.3, 0.4) is 0 Å². The fraction of sp³-hybridized carbons (Fsp3) is 0.286. The predicted molar refractivity (Wildman–Crippen MR) is 106 cm³/mol. The third kappa shape index (κ3) is 2.69. The molecule has 1 aliphatic heterocycles. The molecule has 0 N–H and O–H groups in total. The number of rotatable bonds is 2. The van der Waals surface area contributed by atoms with Crippen molar-refractivity contribution in [2.75, 3.05) is 0 Å². The lowest BCUT2D eigenvalue weighted by atomic mass is 9.92. The molecule has 0 bridgehead atoms. The third-order valence-electron chi connectivity index (χ3n) is 4.70. The van der Waals surface area contributed by atoms with E-state index in [1.54, 1.807) is 0 Å². The number of fused-ring (bicyclic) bond motifs is 3. The second-order valence-corrected chi connectivity index (χ2v) is 7.63. The van der Waals surface area contributed by atoms with Gasteiger partial charge in [-0.2, -0.15) is 5.10 Å². The summed E-state index contributed by atoms with van der Waals surface area (Å²) in [5, 5.41) is 5.74. The molecule has 0 amide bonds. The maximum atomic E-state index is 6.14. The van der Waals surface area contributed by atoms with Crippen LogP contribution in [0.4, 0.5) is 0 Å². The van der Waals surface area contributed by atoms with Gasteiger partial charge in [-0.25, -0.2) is 0 Å². The Morgan fingerprint density at radius 3 is 2.80 bits per heavy atom. The fourth-order valence-corrected chi connectivity index (χ4v) is 3.90. The number of hydrogen-bond donors (Lipinski definition) is 0. The molecule has 2 aromatic carbocycles. The number of hydrogen-bond acceptors (Lipinski definition) is 2. The summed E-state index contributed by atoms with van der Waals surface area (Å²) in [5.41, 5.74) is 5.96. The Morgan fingerprint density at radius 1 is 1.24 bits per heavy atom. The highest BCUT2D eigenvalue weighted by molar-refractivity contribution is 9.11. The summed E-state index contributed by atoms with van der Waals surface area (Å²) >= 11 is 3.81. The third-order valence-corrected chi connectivity index (χ3v) is 5.66. The molecule has 0 radical (unpaired) electrons. The lowest BCUT2D eigenvalue weighted by Crippen LogP contribution is -2.03. The van der Waals surface area contributed by atoms with Crippen molar-refractivity contribution >= 4 is 32.4 Å². The first kappa shape index (κ1) is 16.4. The summed E-state index contributed by atoms with van der Waals surface area (Å²) in [6.45, 7) is 7.05. The smallest absolute Gasteiger partial charge is 0.127 e. The molecule has 3 nitrogen and oxygen atoms in total. The van der Waals surface area contributed by atoms with Gasteiger partial charge in [-0.1, -0.05) is 41.1 Å². The number of allylic oxidation sites excluding steroid dienone is 1. The normalized spacial score (nSPS) is 15.6. The maximum Gasteiger partial charge on any atom is 0.127 e. The molecule has 4 heteroatoms. The summed E-state index contributed by atoms with van der Waals surface area (Å²) in [5.74, 6) is 0.939. The topological polar surface area (TPSA) is 27.1 Å². The molecule has 25 heavy (non-hydrogen) atoms. The lowest BCUT2D eigenvalue weighted by Gasteiger charge is -2.14. The first-order chi connectivity index (χ1) is 12.1. The van der Waals surface area contributed by atoms with Crippen molar-refractivity contribution in [2.45, 2.75) is 39.8 Å². The number of nitrogens with zero attached hydrogens (tertiary/aromatic N) is 2. The van der Waals surface area contributed by atoms with E-state index in [4.69, 9.17) is 4.74 Å². The average Bonchev–Trinajstić information content (AvgIpc) is 2.96. The van der Waals surface area contributed by atoms with Crippen LogP contribution in [0.25, 0.3) is 16.5 Å². The van der Waals surface area contributed by atoms with Gasteiger partial charge in [-0.15, -0.1) is 0 Å².